The van der Waals surface area contributed by atoms with E-state index in [0.29, 0.717) is 18.3 Å². The van der Waals surface area contributed by atoms with Gasteiger partial charge in [-0.2, -0.15) is 0 Å². The molecule has 3 aromatic carbocycles. The fraction of sp³-hybridized carbons (Fsp3) is 0.308. The average molecular weight is 423 g/mol. The third-order valence-electron chi connectivity index (χ3n) is 6.05. The monoisotopic (exact) mass is 422 g/mol. The lowest BCUT2D eigenvalue weighted by Gasteiger charge is -2.35. The predicted octanol–water partition coefficient (Wildman–Crippen LogP) is 1.14. The average Bonchev–Trinajstić information content (AvgIpc) is 2.81. The van der Waals surface area contributed by atoms with Gasteiger partial charge in [0.15, 0.2) is 0 Å². The Morgan fingerprint density at radius 1 is 0.774 bits per heavy atom. The fourth-order valence-corrected chi connectivity index (χ4v) is 4.49. The molecule has 0 amide bonds. The summed E-state index contributed by atoms with van der Waals surface area (Å²) in [7, 11) is 0. The van der Waals surface area contributed by atoms with Crippen molar-refractivity contribution in [1.29, 1.82) is 0 Å². The van der Waals surface area contributed by atoms with Crippen LogP contribution in [0.15, 0.2) is 84.9 Å². The highest BCUT2D eigenvalue weighted by Crippen LogP contribution is 2.18. The molecule has 4 rings (SSSR count). The highest BCUT2D eigenvalue weighted by Gasteiger charge is 2.32. The number of ether oxygens (including phenoxy) is 1. The highest BCUT2D eigenvalue weighted by atomic mass is 19.1. The zero-order chi connectivity index (χ0) is 21.5. The normalized spacial score (nSPS) is 19.8. The molecule has 31 heavy (non-hydrogen) atoms. The highest BCUT2D eigenvalue weighted by molar-refractivity contribution is 5.29. The Labute approximate surface area is 183 Å². The van der Waals surface area contributed by atoms with E-state index in [0.717, 1.165) is 26.2 Å². The van der Waals surface area contributed by atoms with Gasteiger partial charge in [0, 0.05) is 11.1 Å². The number of benzene rings is 3. The molecule has 1 heterocycles. The molecule has 1 aliphatic heterocycles. The molecular weight excluding hydrogens is 391 g/mol. The maximum absolute atomic E-state index is 13.0. The van der Waals surface area contributed by atoms with Gasteiger partial charge in [-0.15, -0.1) is 0 Å². The van der Waals surface area contributed by atoms with Gasteiger partial charge in [-0.25, -0.2) is 4.39 Å². The molecule has 162 valence electrons. The van der Waals surface area contributed by atoms with Gasteiger partial charge in [0.25, 0.3) is 0 Å². The third kappa shape index (κ3) is 5.91. The van der Waals surface area contributed by atoms with Gasteiger partial charge < -0.3 is 19.6 Å². The van der Waals surface area contributed by atoms with Crippen LogP contribution >= 0.6 is 0 Å². The van der Waals surface area contributed by atoms with Crippen molar-refractivity contribution in [2.45, 2.75) is 12.1 Å². The van der Waals surface area contributed by atoms with E-state index in [1.54, 1.807) is 17.0 Å². The first kappa shape index (κ1) is 21.5. The van der Waals surface area contributed by atoms with Crippen LogP contribution in [0, 0.1) is 5.82 Å². The summed E-state index contributed by atoms with van der Waals surface area (Å²) in [5.41, 5.74) is 2.69. The van der Waals surface area contributed by atoms with Gasteiger partial charge in [-0.3, -0.25) is 0 Å². The summed E-state index contributed by atoms with van der Waals surface area (Å²) < 4.78 is 18.6. The molecule has 3 N–H and O–H groups in total. The first-order valence-electron chi connectivity index (χ1n) is 11.0. The molecule has 0 saturated carbocycles. The molecular formula is C26H31FN2O2+2. The van der Waals surface area contributed by atoms with E-state index in [9.17, 15) is 9.50 Å². The lowest BCUT2D eigenvalue weighted by Crippen LogP contribution is -3.28. The molecule has 0 radical (unpaired) electrons. The number of aliphatic hydroxyl groups excluding tert-OH is 1. The minimum Gasteiger partial charge on any atom is -0.491 e. The SMILES string of the molecule is O[C@H](COc1ccc(F)cc1)C[NH+]1CC[NH+](C(c2ccccc2)c2ccccc2)CC1. The van der Waals surface area contributed by atoms with Crippen LogP contribution in [0.3, 0.4) is 0 Å². The van der Waals surface area contributed by atoms with E-state index in [1.807, 2.05) is 0 Å². The van der Waals surface area contributed by atoms with E-state index in [1.165, 1.54) is 28.2 Å². The molecule has 0 bridgehead atoms. The van der Waals surface area contributed by atoms with Crippen molar-refractivity contribution in [3.63, 3.8) is 0 Å². The third-order valence-corrected chi connectivity index (χ3v) is 6.05. The molecule has 0 aliphatic carbocycles. The lowest BCUT2D eigenvalue weighted by atomic mass is 9.96. The summed E-state index contributed by atoms with van der Waals surface area (Å²) in [6.45, 7) is 5.01. The van der Waals surface area contributed by atoms with Gasteiger partial charge in [-0.05, 0) is 24.3 Å². The minimum absolute atomic E-state index is 0.225. The Morgan fingerprint density at radius 2 is 1.32 bits per heavy atom. The van der Waals surface area contributed by atoms with Gasteiger partial charge in [0.05, 0.1) is 0 Å². The molecule has 3 aromatic rings. The molecule has 5 heteroatoms. The summed E-state index contributed by atoms with van der Waals surface area (Å²) in [5.74, 6) is 0.292. The lowest BCUT2D eigenvalue weighted by molar-refractivity contribution is -1.02. The second-order valence-electron chi connectivity index (χ2n) is 8.29. The second kappa shape index (κ2) is 10.5. The van der Waals surface area contributed by atoms with E-state index in [4.69, 9.17) is 4.74 Å². The number of rotatable bonds is 8. The van der Waals surface area contributed by atoms with Crippen LogP contribution in [0.1, 0.15) is 17.2 Å². The summed E-state index contributed by atoms with van der Waals surface area (Å²) in [6, 6.07) is 27.7. The van der Waals surface area contributed by atoms with Crippen molar-refractivity contribution in [3.05, 3.63) is 102 Å². The Hall–Kier alpha value is -2.73. The Bertz CT molecular complexity index is 874. The number of hydrogen-bond donors (Lipinski definition) is 3. The van der Waals surface area contributed by atoms with E-state index >= 15 is 0 Å². The number of quaternary nitrogens is 2. The number of aliphatic hydroxyl groups is 1. The smallest absolute Gasteiger partial charge is 0.139 e. The zero-order valence-electron chi connectivity index (χ0n) is 17.7. The van der Waals surface area contributed by atoms with Crippen molar-refractivity contribution < 1.29 is 24.0 Å². The van der Waals surface area contributed by atoms with Gasteiger partial charge in [-0.1, -0.05) is 60.7 Å². The van der Waals surface area contributed by atoms with Crippen LogP contribution in [-0.2, 0) is 0 Å². The molecule has 1 atom stereocenters. The van der Waals surface area contributed by atoms with E-state index < -0.39 is 6.10 Å². The molecule has 1 fully saturated rings. The summed E-state index contributed by atoms with van der Waals surface area (Å²) in [4.78, 5) is 2.97. The Kier molecular flexibility index (Phi) is 7.30. The van der Waals surface area contributed by atoms with Crippen molar-refractivity contribution >= 4 is 0 Å². The predicted molar refractivity (Wildman–Crippen MR) is 119 cm³/mol. The van der Waals surface area contributed by atoms with Crippen LogP contribution in [-0.4, -0.2) is 50.5 Å². The van der Waals surface area contributed by atoms with Gasteiger partial charge in [0.1, 0.15) is 63.0 Å². The van der Waals surface area contributed by atoms with Crippen LogP contribution in [0.25, 0.3) is 0 Å². The van der Waals surface area contributed by atoms with Crippen LogP contribution < -0.4 is 14.5 Å². The number of halogens is 1. The Balaban J connectivity index is 1.32. The molecule has 1 saturated heterocycles. The summed E-state index contributed by atoms with van der Waals surface area (Å²) in [5, 5.41) is 10.4. The fourth-order valence-electron chi connectivity index (χ4n) is 4.49. The van der Waals surface area contributed by atoms with Crippen molar-refractivity contribution in [2.75, 3.05) is 39.3 Å². The first-order chi connectivity index (χ1) is 15.2. The first-order valence-corrected chi connectivity index (χ1v) is 11.0. The standard InChI is InChI=1S/C26H29FN2O2/c27-23-11-13-25(14-12-23)31-20-24(30)19-28-15-17-29(18-16-28)26(21-7-3-1-4-8-21)22-9-5-2-6-10-22/h1-14,24,26,30H,15-20H2/p+2/t24-/m0/s1. The maximum atomic E-state index is 13.0. The zero-order valence-corrected chi connectivity index (χ0v) is 17.7. The topological polar surface area (TPSA) is 38.3 Å². The largest absolute Gasteiger partial charge is 0.491 e. The van der Waals surface area contributed by atoms with Crippen LogP contribution in [0.4, 0.5) is 4.39 Å². The van der Waals surface area contributed by atoms with Gasteiger partial charge >= 0.3 is 0 Å². The van der Waals surface area contributed by atoms with Crippen LogP contribution in [0.5, 0.6) is 5.75 Å². The van der Waals surface area contributed by atoms with Crippen molar-refractivity contribution in [3.8, 4) is 5.75 Å². The maximum Gasteiger partial charge on any atom is 0.139 e. The summed E-state index contributed by atoms with van der Waals surface area (Å²) >= 11 is 0. The molecule has 0 aromatic heterocycles. The van der Waals surface area contributed by atoms with Crippen LogP contribution in [0.2, 0.25) is 0 Å². The quantitative estimate of drug-likeness (QED) is 0.510. The molecule has 0 unspecified atom stereocenters. The number of nitrogens with one attached hydrogen (secondary N) is 2. The summed E-state index contributed by atoms with van der Waals surface area (Å²) in [6.07, 6.45) is -0.541. The van der Waals surface area contributed by atoms with Crippen molar-refractivity contribution in [2.24, 2.45) is 0 Å². The van der Waals surface area contributed by atoms with Gasteiger partial charge in [0.2, 0.25) is 0 Å². The second-order valence-corrected chi connectivity index (χ2v) is 8.29. The van der Waals surface area contributed by atoms with E-state index in [2.05, 4.69) is 60.7 Å². The van der Waals surface area contributed by atoms with Crippen molar-refractivity contribution in [1.82, 2.24) is 0 Å². The van der Waals surface area contributed by atoms with E-state index in [-0.39, 0.29) is 12.4 Å². The molecule has 1 aliphatic rings. The number of piperazine rings is 1. The number of hydrogen-bond acceptors (Lipinski definition) is 2. The molecule has 4 nitrogen and oxygen atoms in total. The Morgan fingerprint density at radius 3 is 1.87 bits per heavy atom. The minimum atomic E-state index is -0.541. The molecule has 0 spiro atoms.